The summed E-state index contributed by atoms with van der Waals surface area (Å²) in [6, 6.07) is 14.5. The number of nitrogens with one attached hydrogen (secondary N) is 1. The number of imidazole rings is 1. The van der Waals surface area contributed by atoms with E-state index in [1.165, 1.54) is 37.5 Å². The van der Waals surface area contributed by atoms with Crippen molar-refractivity contribution < 1.29 is 22.7 Å². The number of benzene rings is 2. The first kappa shape index (κ1) is 30.8. The fourth-order valence-electron chi connectivity index (χ4n) is 6.03. The van der Waals surface area contributed by atoms with Crippen LogP contribution in [0.15, 0.2) is 73.3 Å². The van der Waals surface area contributed by atoms with E-state index in [-0.39, 0.29) is 29.2 Å². The van der Waals surface area contributed by atoms with Gasteiger partial charge in [-0.1, -0.05) is 18.6 Å². The summed E-state index contributed by atoms with van der Waals surface area (Å²) >= 11 is 0. The Morgan fingerprint density at radius 3 is 2.51 bits per heavy atom. The number of alkyl halides is 3. The minimum absolute atomic E-state index is 0.0557. The van der Waals surface area contributed by atoms with Crippen molar-refractivity contribution >= 4 is 22.8 Å². The summed E-state index contributed by atoms with van der Waals surface area (Å²) in [4.78, 5) is 35.4. The van der Waals surface area contributed by atoms with E-state index >= 15 is 0 Å². The number of amides is 1. The molecule has 242 valence electrons. The molecule has 0 unspecified atom stereocenters. The van der Waals surface area contributed by atoms with E-state index in [0.717, 1.165) is 37.8 Å². The molecule has 1 aliphatic carbocycles. The number of anilines is 1. The highest BCUT2D eigenvalue weighted by atomic mass is 19.4. The van der Waals surface area contributed by atoms with Gasteiger partial charge in [-0.2, -0.15) is 18.2 Å². The van der Waals surface area contributed by atoms with E-state index < -0.39 is 17.6 Å². The highest BCUT2D eigenvalue weighted by Gasteiger charge is 2.35. The Labute approximate surface area is 269 Å². The fourth-order valence-corrected chi connectivity index (χ4v) is 6.03. The number of hydrogen-bond donors (Lipinski definition) is 1. The number of aromatic nitrogens is 5. The van der Waals surface area contributed by atoms with Crippen LogP contribution >= 0.6 is 0 Å². The fraction of sp³-hybridized carbons (Fsp3) is 0.324. The van der Waals surface area contributed by atoms with Gasteiger partial charge in [-0.15, -0.1) is 0 Å². The zero-order valence-electron chi connectivity index (χ0n) is 25.7. The molecule has 1 saturated heterocycles. The summed E-state index contributed by atoms with van der Waals surface area (Å²) in [5, 5.41) is 2.63. The molecule has 13 heteroatoms. The first-order valence-electron chi connectivity index (χ1n) is 15.6. The maximum Gasteiger partial charge on any atom is 0.416 e. The van der Waals surface area contributed by atoms with Gasteiger partial charge >= 0.3 is 6.18 Å². The van der Waals surface area contributed by atoms with Gasteiger partial charge in [0, 0.05) is 75.0 Å². The van der Waals surface area contributed by atoms with Gasteiger partial charge in [0.2, 0.25) is 0 Å². The lowest BCUT2D eigenvalue weighted by atomic mass is 9.91. The average Bonchev–Trinajstić information content (AvgIpc) is 3.42. The van der Waals surface area contributed by atoms with Crippen LogP contribution in [0.1, 0.15) is 40.7 Å². The second-order valence-electron chi connectivity index (χ2n) is 12.0. The normalized spacial score (nSPS) is 16.3. The number of nitrogens with zero attached hydrogens (tertiary/aromatic N) is 7. The van der Waals surface area contributed by atoms with Crippen LogP contribution in [-0.4, -0.2) is 72.4 Å². The quantitative estimate of drug-likeness (QED) is 0.215. The zero-order valence-corrected chi connectivity index (χ0v) is 25.7. The number of carbonyl (C=O) groups is 1. The smallest absolute Gasteiger partial charge is 0.416 e. The van der Waals surface area contributed by atoms with Crippen molar-refractivity contribution in [3.05, 3.63) is 90.0 Å². The number of hydrogen-bond acceptors (Lipinski definition) is 8. The van der Waals surface area contributed by atoms with Crippen LogP contribution in [0.25, 0.3) is 22.6 Å². The standard InChI is InChI=1S/C34H33F3N8O2/c1-43-21-39-29-31(43)41-30(22-10-12-38-13-11-22)42-33(29)47-27-7-2-4-23(18-27)32(46)40-25-9-8-24(28(19-25)34(35,36)37)20-44-14-16-45(17-15-44)26-5-3-6-26/h2,4,7-13,18-19,21,26H,3,5-6,14-17,20H2,1H3,(H,40,46). The highest BCUT2D eigenvalue weighted by molar-refractivity contribution is 6.04. The number of rotatable bonds is 8. The molecule has 0 radical (unpaired) electrons. The van der Waals surface area contributed by atoms with E-state index in [2.05, 4.69) is 35.1 Å². The molecule has 10 nitrogen and oxygen atoms in total. The Bertz CT molecular complexity index is 1900. The lowest BCUT2D eigenvalue weighted by molar-refractivity contribution is -0.138. The SMILES string of the molecule is Cn1cnc2c(Oc3cccc(C(=O)Nc4ccc(CN5CCN(C6CCC6)CC5)c(C(F)(F)F)c4)c3)nc(-c3ccncc3)nc21. The van der Waals surface area contributed by atoms with Gasteiger partial charge < -0.3 is 14.6 Å². The van der Waals surface area contributed by atoms with Crippen LogP contribution in [0, 0.1) is 0 Å². The van der Waals surface area contributed by atoms with Crippen LogP contribution in [-0.2, 0) is 19.8 Å². The minimum atomic E-state index is -4.57. The summed E-state index contributed by atoms with van der Waals surface area (Å²) in [6.45, 7) is 3.42. The monoisotopic (exact) mass is 642 g/mol. The first-order valence-corrected chi connectivity index (χ1v) is 15.6. The molecule has 47 heavy (non-hydrogen) atoms. The molecule has 0 atom stereocenters. The van der Waals surface area contributed by atoms with Gasteiger partial charge in [-0.3, -0.25) is 19.6 Å². The lowest BCUT2D eigenvalue weighted by Crippen LogP contribution is -2.51. The van der Waals surface area contributed by atoms with E-state index in [1.807, 2.05) is 0 Å². The molecule has 0 spiro atoms. The van der Waals surface area contributed by atoms with Crippen molar-refractivity contribution in [3.63, 3.8) is 0 Å². The number of carbonyl (C=O) groups excluding carboxylic acids is 1. The zero-order chi connectivity index (χ0) is 32.5. The van der Waals surface area contributed by atoms with Gasteiger partial charge in [0.1, 0.15) is 5.75 Å². The summed E-state index contributed by atoms with van der Waals surface area (Å²) in [7, 11) is 1.81. The molecule has 1 amide bonds. The summed E-state index contributed by atoms with van der Waals surface area (Å²) in [6.07, 6.45) is 3.99. The predicted octanol–water partition coefficient (Wildman–Crippen LogP) is 6.16. The van der Waals surface area contributed by atoms with Crippen molar-refractivity contribution in [3.8, 4) is 23.0 Å². The summed E-state index contributed by atoms with van der Waals surface area (Å²) < 4.78 is 50.4. The molecule has 4 heterocycles. The van der Waals surface area contributed by atoms with Crippen molar-refractivity contribution in [1.29, 1.82) is 0 Å². The van der Waals surface area contributed by atoms with Crippen LogP contribution in [0.3, 0.4) is 0 Å². The van der Waals surface area contributed by atoms with Gasteiger partial charge in [0.15, 0.2) is 17.0 Å². The van der Waals surface area contributed by atoms with Crippen molar-refractivity contribution in [2.24, 2.45) is 7.05 Å². The minimum Gasteiger partial charge on any atom is -0.437 e. The molecule has 3 aromatic heterocycles. The maximum absolute atomic E-state index is 14.2. The van der Waals surface area contributed by atoms with Crippen LogP contribution in [0.4, 0.5) is 18.9 Å². The maximum atomic E-state index is 14.2. The molecule has 1 saturated carbocycles. The molecule has 5 aromatic rings. The number of pyridine rings is 1. The molecule has 7 rings (SSSR count). The predicted molar refractivity (Wildman–Crippen MR) is 170 cm³/mol. The van der Waals surface area contributed by atoms with E-state index in [4.69, 9.17) is 4.74 Å². The van der Waals surface area contributed by atoms with Crippen LogP contribution in [0.5, 0.6) is 11.6 Å². The molecule has 1 N–H and O–H groups in total. The summed E-state index contributed by atoms with van der Waals surface area (Å²) in [5.74, 6) is 0.321. The molecule has 1 aliphatic heterocycles. The number of fused-ring (bicyclic) bond motifs is 1. The van der Waals surface area contributed by atoms with Gasteiger partial charge in [-0.25, -0.2) is 9.97 Å². The lowest BCUT2D eigenvalue weighted by Gasteiger charge is -2.43. The van der Waals surface area contributed by atoms with Gasteiger partial charge in [0.25, 0.3) is 11.8 Å². The third-order valence-electron chi connectivity index (χ3n) is 8.84. The molecule has 2 aromatic carbocycles. The number of halogens is 3. The molecular formula is C34H33F3N8O2. The summed E-state index contributed by atoms with van der Waals surface area (Å²) in [5.41, 5.74) is 1.42. The van der Waals surface area contributed by atoms with E-state index in [1.54, 1.807) is 60.7 Å². The van der Waals surface area contributed by atoms with Crippen molar-refractivity contribution in [2.45, 2.75) is 38.0 Å². The Morgan fingerprint density at radius 2 is 1.79 bits per heavy atom. The van der Waals surface area contributed by atoms with Gasteiger partial charge in [-0.05, 0) is 60.9 Å². The molecule has 0 bridgehead atoms. The van der Waals surface area contributed by atoms with Gasteiger partial charge in [0.05, 0.1) is 11.9 Å². The largest absolute Gasteiger partial charge is 0.437 e. The van der Waals surface area contributed by atoms with E-state index in [9.17, 15) is 18.0 Å². The second kappa shape index (κ2) is 12.7. The Morgan fingerprint density at radius 1 is 1.00 bits per heavy atom. The topological polar surface area (TPSA) is 101 Å². The molecule has 2 fully saturated rings. The van der Waals surface area contributed by atoms with Crippen molar-refractivity contribution in [1.82, 2.24) is 34.3 Å². The van der Waals surface area contributed by atoms with Crippen LogP contribution < -0.4 is 10.1 Å². The molecule has 2 aliphatic rings. The Hall–Kier alpha value is -4.88. The van der Waals surface area contributed by atoms with Crippen LogP contribution in [0.2, 0.25) is 0 Å². The van der Waals surface area contributed by atoms with E-state index in [0.29, 0.717) is 28.8 Å². The molecular weight excluding hydrogens is 609 g/mol. The third kappa shape index (κ3) is 6.67. The Kier molecular flexibility index (Phi) is 8.33. The van der Waals surface area contributed by atoms with Crippen molar-refractivity contribution in [2.75, 3.05) is 31.5 Å². The third-order valence-corrected chi connectivity index (χ3v) is 8.84. The average molecular weight is 643 g/mol. The Balaban J connectivity index is 1.07. The highest BCUT2D eigenvalue weighted by Crippen LogP contribution is 2.35. The number of ether oxygens (including phenoxy) is 1. The second-order valence-corrected chi connectivity index (χ2v) is 12.0. The number of aryl methyl sites for hydroxylation is 1. The first-order chi connectivity index (χ1) is 22.7. The number of piperazine rings is 1.